The Morgan fingerprint density at radius 2 is 1.85 bits per heavy atom. The van der Waals surface area contributed by atoms with E-state index in [2.05, 4.69) is 32.1 Å². The van der Waals surface area contributed by atoms with Gasteiger partial charge in [-0.15, -0.1) is 4.37 Å². The molecular weight excluding hydrogens is 296 g/mol. The first kappa shape index (κ1) is 15.2. The molecule has 0 bridgehead atoms. The molecule has 0 saturated heterocycles. The summed E-state index contributed by atoms with van der Waals surface area (Å²) in [6.07, 6.45) is 0. The summed E-state index contributed by atoms with van der Waals surface area (Å²) < 4.78 is 9.01. The van der Waals surface area contributed by atoms with Crippen molar-refractivity contribution in [1.82, 2.24) is 9.27 Å². The summed E-state index contributed by atoms with van der Waals surface area (Å²) in [5.74, 6) is 0.730. The van der Waals surface area contributed by atoms with E-state index >= 15 is 0 Å². The number of aromatic nitrogens is 1. The highest BCUT2D eigenvalue weighted by Crippen LogP contribution is 2.31. The molecule has 0 aromatic heterocycles. The second kappa shape index (κ2) is 6.05. The highest BCUT2D eigenvalue weighted by atomic mass is 32.9. The van der Waals surface area contributed by atoms with Gasteiger partial charge in [0, 0.05) is 23.6 Å². The lowest BCUT2D eigenvalue weighted by molar-refractivity contribution is 0.0713. The summed E-state index contributed by atoms with van der Waals surface area (Å²) in [5, 5.41) is 0. The van der Waals surface area contributed by atoms with Gasteiger partial charge >= 0.3 is 5.63 Å². The largest absolute Gasteiger partial charge is 0.401 e. The number of hydrogen-bond donors (Lipinski definition) is 0. The number of fused-ring (bicyclic) bond motifs is 1. The highest BCUT2D eigenvalue weighted by Gasteiger charge is 2.30. The van der Waals surface area contributed by atoms with E-state index in [1.807, 2.05) is 0 Å². The molecule has 0 atom stereocenters. The molecule has 0 N–H and O–H groups in total. The zero-order valence-electron chi connectivity index (χ0n) is 12.0. The Morgan fingerprint density at radius 3 is 2.40 bits per heavy atom. The second-order valence-electron chi connectivity index (χ2n) is 5.65. The summed E-state index contributed by atoms with van der Waals surface area (Å²) in [6.45, 7) is 9.48. The number of hydrogen-bond acceptors (Lipinski definition) is 6. The van der Waals surface area contributed by atoms with Crippen LogP contribution in [-0.4, -0.2) is 28.3 Å². The molecule has 2 heterocycles. The average Bonchev–Trinajstić information content (AvgIpc) is 2.85. The smallest absolute Gasteiger partial charge is 0.352 e. The van der Waals surface area contributed by atoms with Crippen LogP contribution in [-0.2, 0) is 0 Å². The summed E-state index contributed by atoms with van der Waals surface area (Å²) in [7, 11) is 2.54. The molecule has 0 aromatic rings. The monoisotopic (exact) mass is 314 g/mol. The fourth-order valence-electron chi connectivity index (χ4n) is 2.08. The zero-order chi connectivity index (χ0) is 14.9. The van der Waals surface area contributed by atoms with Crippen molar-refractivity contribution in [2.24, 2.45) is 11.8 Å². The zero-order valence-corrected chi connectivity index (χ0v) is 13.6. The molecule has 2 aliphatic heterocycles. The maximum absolute atomic E-state index is 12.7. The number of nitrogens with zero attached hydrogens (tertiary/aromatic N) is 2. The van der Waals surface area contributed by atoms with Crippen LogP contribution in [0.2, 0.25) is 0 Å². The van der Waals surface area contributed by atoms with E-state index in [1.165, 1.54) is 20.9 Å². The van der Waals surface area contributed by atoms with Gasteiger partial charge in [-0.25, -0.2) is 4.79 Å². The molecule has 0 radical (unpaired) electrons. The standard InChI is InChI=1S/C13H18N2O3S2/c1-7(2)5-15(6-8(3)4)12(16)9-10-11(14-20-19-10)18-13(9)17/h7-8H,5-6H2,1-4H3. The number of rotatable bonds is 5. The van der Waals surface area contributed by atoms with E-state index in [9.17, 15) is 9.59 Å². The molecular formula is C13H18N2O3S2. The maximum Gasteiger partial charge on any atom is 0.352 e. The highest BCUT2D eigenvalue weighted by molar-refractivity contribution is 7.68. The molecule has 0 fully saturated rings. The predicted molar refractivity (Wildman–Crippen MR) is 80.7 cm³/mol. The van der Waals surface area contributed by atoms with Gasteiger partial charge in [-0.05, 0) is 11.8 Å². The van der Waals surface area contributed by atoms with Crippen molar-refractivity contribution in [3.63, 3.8) is 0 Å². The fraction of sp³-hybridized carbons (Fsp3) is 0.615. The molecule has 0 unspecified atom stereocenters. The van der Waals surface area contributed by atoms with Gasteiger partial charge in [-0.1, -0.05) is 38.0 Å². The van der Waals surface area contributed by atoms with Crippen LogP contribution in [0.4, 0.5) is 0 Å². The predicted octanol–water partition coefficient (Wildman–Crippen LogP) is 3.02. The first-order valence-corrected chi connectivity index (χ1v) is 8.68. The molecule has 0 aliphatic carbocycles. The molecule has 5 nitrogen and oxygen atoms in total. The van der Waals surface area contributed by atoms with E-state index < -0.39 is 5.63 Å². The summed E-state index contributed by atoms with van der Waals surface area (Å²) in [4.78, 5) is 26.8. The Kier molecular flexibility index (Phi) is 4.59. The molecule has 1 amide bonds. The van der Waals surface area contributed by atoms with Crippen LogP contribution < -0.4 is 5.63 Å². The van der Waals surface area contributed by atoms with Crippen molar-refractivity contribution in [2.75, 3.05) is 13.1 Å². The quantitative estimate of drug-likeness (QED) is 0.796. The van der Waals surface area contributed by atoms with Crippen LogP contribution in [0.1, 0.15) is 38.1 Å². The molecule has 0 aromatic carbocycles. The van der Waals surface area contributed by atoms with Crippen LogP contribution >= 0.6 is 20.9 Å². The normalized spacial score (nSPS) is 11.7. The minimum Gasteiger partial charge on any atom is -0.401 e. The summed E-state index contributed by atoms with van der Waals surface area (Å²) in [6, 6.07) is 0. The van der Waals surface area contributed by atoms with Crippen molar-refractivity contribution in [2.45, 2.75) is 27.7 Å². The molecule has 0 saturated carbocycles. The molecule has 20 heavy (non-hydrogen) atoms. The van der Waals surface area contributed by atoms with Gasteiger partial charge in [-0.2, -0.15) is 0 Å². The Morgan fingerprint density at radius 1 is 1.25 bits per heavy atom. The lowest BCUT2D eigenvalue weighted by atomic mass is 10.1. The third kappa shape index (κ3) is 3.09. The van der Waals surface area contributed by atoms with E-state index in [1.54, 1.807) is 4.90 Å². The number of carbonyl (C=O) groups is 1. The van der Waals surface area contributed by atoms with Crippen molar-refractivity contribution >= 4 is 26.8 Å². The molecule has 0 spiro atoms. The van der Waals surface area contributed by atoms with Crippen LogP contribution in [0.25, 0.3) is 10.8 Å². The van der Waals surface area contributed by atoms with Crippen LogP contribution in [0.5, 0.6) is 0 Å². The second-order valence-corrected chi connectivity index (χ2v) is 7.50. The third-order valence-corrected chi connectivity index (χ3v) is 4.54. The minimum atomic E-state index is -0.575. The van der Waals surface area contributed by atoms with Gasteiger partial charge in [0.1, 0.15) is 10.4 Å². The lowest BCUT2D eigenvalue weighted by Crippen LogP contribution is -2.38. The van der Waals surface area contributed by atoms with E-state index in [0.29, 0.717) is 29.8 Å². The molecule has 110 valence electrons. The number of furan rings is 1. The van der Waals surface area contributed by atoms with Crippen LogP contribution in [0, 0.1) is 11.8 Å². The van der Waals surface area contributed by atoms with Crippen LogP contribution in [0.3, 0.4) is 0 Å². The Bertz CT molecular complexity index is 602. The Labute approximate surface area is 125 Å². The Hall–Kier alpha value is -1.21. The number of carbonyl (C=O) groups excluding carboxylic acids is 1. The van der Waals surface area contributed by atoms with Gasteiger partial charge < -0.3 is 9.32 Å². The topological polar surface area (TPSA) is 63.4 Å². The first-order valence-electron chi connectivity index (χ1n) is 6.58. The molecule has 2 rings (SSSR count). The molecule has 7 heteroatoms. The van der Waals surface area contributed by atoms with Gasteiger partial charge in [0.15, 0.2) is 0 Å². The van der Waals surface area contributed by atoms with Gasteiger partial charge in [0.25, 0.3) is 11.8 Å². The SMILES string of the molecule is CC(C)CN(CC(C)C)C(=O)c1c2ssnc-2oc1=O. The average molecular weight is 314 g/mol. The van der Waals surface area contributed by atoms with Gasteiger partial charge in [0.2, 0.25) is 0 Å². The Balaban J connectivity index is 2.33. The van der Waals surface area contributed by atoms with Crippen LogP contribution in [0.15, 0.2) is 9.21 Å². The number of amides is 1. The van der Waals surface area contributed by atoms with E-state index in [4.69, 9.17) is 4.42 Å². The maximum atomic E-state index is 12.7. The fourth-order valence-corrected chi connectivity index (χ4v) is 3.86. The molecule has 2 aliphatic rings. The van der Waals surface area contributed by atoms with Crippen molar-refractivity contribution in [3.05, 3.63) is 16.0 Å². The summed E-state index contributed by atoms with van der Waals surface area (Å²) in [5.41, 5.74) is -0.436. The first-order chi connectivity index (χ1) is 9.40. The van der Waals surface area contributed by atoms with E-state index in [0.717, 1.165) is 0 Å². The lowest BCUT2D eigenvalue weighted by Gasteiger charge is -2.25. The van der Waals surface area contributed by atoms with Gasteiger partial charge in [0.05, 0.1) is 0 Å². The van der Waals surface area contributed by atoms with Crippen molar-refractivity contribution < 1.29 is 9.21 Å². The van der Waals surface area contributed by atoms with Crippen molar-refractivity contribution in [3.8, 4) is 10.8 Å². The third-order valence-electron chi connectivity index (χ3n) is 2.73. The minimum absolute atomic E-state index is 0.139. The van der Waals surface area contributed by atoms with Gasteiger partial charge in [-0.3, -0.25) is 4.79 Å². The van der Waals surface area contributed by atoms with E-state index in [-0.39, 0.29) is 17.4 Å². The van der Waals surface area contributed by atoms with Crippen molar-refractivity contribution in [1.29, 1.82) is 0 Å². The summed E-state index contributed by atoms with van der Waals surface area (Å²) >= 11 is 0.